The summed E-state index contributed by atoms with van der Waals surface area (Å²) in [5.41, 5.74) is 0. The molecule has 0 aromatic carbocycles. The predicted molar refractivity (Wildman–Crippen MR) is 50.9 cm³/mol. The van der Waals surface area contributed by atoms with Gasteiger partial charge in [-0.05, 0) is 19.8 Å². The molecule has 2 aliphatic heterocycles. The Balaban J connectivity index is 2.16. The Kier molecular flexibility index (Phi) is 2.65. The van der Waals surface area contributed by atoms with Gasteiger partial charge in [0.15, 0.2) is 0 Å². The largest absolute Gasteiger partial charge is 0.466 e. The molecule has 2 heterocycles. The molecule has 15 heavy (non-hydrogen) atoms. The fourth-order valence-electron chi connectivity index (χ4n) is 2.50. The van der Waals surface area contributed by atoms with Crippen molar-refractivity contribution < 1.29 is 19.4 Å². The minimum atomic E-state index is -1.20. The van der Waals surface area contributed by atoms with Crippen LogP contribution in [0.15, 0.2) is 0 Å². The normalized spacial score (nSPS) is 34.4. The highest BCUT2D eigenvalue weighted by Gasteiger charge is 2.53. The van der Waals surface area contributed by atoms with Crippen LogP contribution in [-0.4, -0.2) is 47.2 Å². The third kappa shape index (κ3) is 1.51. The summed E-state index contributed by atoms with van der Waals surface area (Å²) < 4.78 is 4.87. The summed E-state index contributed by atoms with van der Waals surface area (Å²) in [5.74, 6) is -1.46. The summed E-state index contributed by atoms with van der Waals surface area (Å²) in [6, 6.07) is -0.147. The summed E-state index contributed by atoms with van der Waals surface area (Å²) in [4.78, 5) is 24.8. The Hall–Kier alpha value is -1.10. The molecular formula is C10H15NO4. The van der Waals surface area contributed by atoms with Crippen LogP contribution < -0.4 is 0 Å². The molecule has 0 aromatic rings. The number of amides is 1. The first kappa shape index (κ1) is 10.4. The third-order valence-corrected chi connectivity index (χ3v) is 3.15. The van der Waals surface area contributed by atoms with Gasteiger partial charge in [0, 0.05) is 12.6 Å². The number of nitrogens with zero attached hydrogens (tertiary/aromatic N) is 1. The molecule has 84 valence electrons. The second kappa shape index (κ2) is 3.81. The average Bonchev–Trinajstić information content (AvgIpc) is 2.73. The van der Waals surface area contributed by atoms with E-state index < -0.39 is 18.0 Å². The van der Waals surface area contributed by atoms with Crippen molar-refractivity contribution in [3.8, 4) is 0 Å². The minimum absolute atomic E-state index is 0.147. The van der Waals surface area contributed by atoms with Crippen LogP contribution in [0.3, 0.4) is 0 Å². The molecule has 2 rings (SSSR count). The molecule has 0 aliphatic carbocycles. The number of ether oxygens (including phenoxy) is 1. The molecule has 0 saturated carbocycles. The number of aliphatic hydroxyl groups excluding tert-OH is 1. The van der Waals surface area contributed by atoms with E-state index in [0.29, 0.717) is 6.54 Å². The van der Waals surface area contributed by atoms with E-state index in [4.69, 9.17) is 4.74 Å². The van der Waals surface area contributed by atoms with Gasteiger partial charge in [-0.3, -0.25) is 9.59 Å². The topological polar surface area (TPSA) is 66.8 Å². The Labute approximate surface area is 88.0 Å². The Morgan fingerprint density at radius 2 is 2.40 bits per heavy atom. The Bertz CT molecular complexity index is 291. The van der Waals surface area contributed by atoms with Gasteiger partial charge in [-0.15, -0.1) is 0 Å². The first-order valence-electron chi connectivity index (χ1n) is 5.32. The van der Waals surface area contributed by atoms with Gasteiger partial charge < -0.3 is 14.7 Å². The van der Waals surface area contributed by atoms with Gasteiger partial charge in [-0.25, -0.2) is 0 Å². The highest BCUT2D eigenvalue weighted by atomic mass is 16.5. The smallest absolute Gasteiger partial charge is 0.314 e. The van der Waals surface area contributed by atoms with E-state index in [2.05, 4.69) is 0 Å². The van der Waals surface area contributed by atoms with Gasteiger partial charge in [0.1, 0.15) is 12.0 Å². The Morgan fingerprint density at radius 3 is 3.07 bits per heavy atom. The standard InChI is InChI=1S/C10H15NO4/c1-2-15-10(14)7-6-4-3-5-11(6)9(13)8(7)12/h6-8,12H,2-5H2,1H3. The number of aliphatic hydroxyl groups is 1. The molecule has 2 saturated heterocycles. The van der Waals surface area contributed by atoms with Crippen molar-refractivity contribution in [2.24, 2.45) is 5.92 Å². The van der Waals surface area contributed by atoms with Crippen molar-refractivity contribution in [3.05, 3.63) is 0 Å². The van der Waals surface area contributed by atoms with E-state index in [0.717, 1.165) is 12.8 Å². The highest BCUT2D eigenvalue weighted by molar-refractivity contribution is 5.91. The molecule has 1 N–H and O–H groups in total. The number of carbonyl (C=O) groups is 2. The second-order valence-electron chi connectivity index (χ2n) is 3.96. The van der Waals surface area contributed by atoms with Crippen LogP contribution in [0.5, 0.6) is 0 Å². The molecule has 0 bridgehead atoms. The summed E-state index contributed by atoms with van der Waals surface area (Å²) in [7, 11) is 0. The third-order valence-electron chi connectivity index (χ3n) is 3.15. The van der Waals surface area contributed by atoms with Crippen LogP contribution in [0.4, 0.5) is 0 Å². The van der Waals surface area contributed by atoms with Gasteiger partial charge in [-0.2, -0.15) is 0 Å². The number of carbonyl (C=O) groups excluding carboxylic acids is 2. The van der Waals surface area contributed by atoms with Crippen molar-refractivity contribution in [2.75, 3.05) is 13.2 Å². The van der Waals surface area contributed by atoms with E-state index in [-0.39, 0.29) is 18.6 Å². The predicted octanol–water partition coefficient (Wildman–Crippen LogP) is -0.469. The molecule has 0 aromatic heterocycles. The summed E-state index contributed by atoms with van der Waals surface area (Å²) in [5, 5.41) is 9.67. The quantitative estimate of drug-likeness (QED) is 0.630. The van der Waals surface area contributed by atoms with Gasteiger partial charge >= 0.3 is 5.97 Å². The maximum atomic E-state index is 11.6. The summed E-state index contributed by atoms with van der Waals surface area (Å²) in [6.07, 6.45) is 0.486. The fourth-order valence-corrected chi connectivity index (χ4v) is 2.50. The van der Waals surface area contributed by atoms with E-state index in [1.54, 1.807) is 11.8 Å². The highest BCUT2D eigenvalue weighted by Crippen LogP contribution is 2.34. The number of hydrogen-bond acceptors (Lipinski definition) is 4. The zero-order chi connectivity index (χ0) is 11.0. The van der Waals surface area contributed by atoms with Gasteiger partial charge in [0.05, 0.1) is 6.61 Å². The lowest BCUT2D eigenvalue weighted by Crippen LogP contribution is -2.34. The SMILES string of the molecule is CCOC(=O)C1C(O)C(=O)N2CCCC12. The van der Waals surface area contributed by atoms with Crippen molar-refractivity contribution in [3.63, 3.8) is 0 Å². The summed E-state index contributed by atoms with van der Waals surface area (Å²) >= 11 is 0. The molecule has 2 aliphatic rings. The number of fused-ring (bicyclic) bond motifs is 1. The van der Waals surface area contributed by atoms with Crippen LogP contribution in [-0.2, 0) is 14.3 Å². The van der Waals surface area contributed by atoms with Gasteiger partial charge in [0.25, 0.3) is 5.91 Å². The van der Waals surface area contributed by atoms with E-state index >= 15 is 0 Å². The molecule has 5 nitrogen and oxygen atoms in total. The average molecular weight is 213 g/mol. The lowest BCUT2D eigenvalue weighted by atomic mass is 9.96. The van der Waals surface area contributed by atoms with E-state index in [9.17, 15) is 14.7 Å². The van der Waals surface area contributed by atoms with Gasteiger partial charge in [0.2, 0.25) is 0 Å². The van der Waals surface area contributed by atoms with Gasteiger partial charge in [-0.1, -0.05) is 0 Å². The first-order valence-corrected chi connectivity index (χ1v) is 5.32. The molecule has 2 fully saturated rings. The number of hydrogen-bond donors (Lipinski definition) is 1. The second-order valence-corrected chi connectivity index (χ2v) is 3.96. The van der Waals surface area contributed by atoms with Crippen LogP contribution in [0.25, 0.3) is 0 Å². The number of rotatable bonds is 2. The van der Waals surface area contributed by atoms with Crippen molar-refractivity contribution in [1.82, 2.24) is 4.90 Å². The zero-order valence-corrected chi connectivity index (χ0v) is 8.68. The molecule has 3 unspecified atom stereocenters. The Morgan fingerprint density at radius 1 is 1.67 bits per heavy atom. The van der Waals surface area contributed by atoms with Crippen LogP contribution >= 0.6 is 0 Å². The van der Waals surface area contributed by atoms with Crippen LogP contribution in [0.1, 0.15) is 19.8 Å². The molecule has 3 atom stereocenters. The zero-order valence-electron chi connectivity index (χ0n) is 8.68. The van der Waals surface area contributed by atoms with Crippen molar-refractivity contribution >= 4 is 11.9 Å². The molecule has 5 heteroatoms. The van der Waals surface area contributed by atoms with Crippen LogP contribution in [0, 0.1) is 5.92 Å². The van der Waals surface area contributed by atoms with Crippen molar-refractivity contribution in [1.29, 1.82) is 0 Å². The fraction of sp³-hybridized carbons (Fsp3) is 0.800. The monoisotopic (exact) mass is 213 g/mol. The molecular weight excluding hydrogens is 198 g/mol. The molecule has 0 spiro atoms. The molecule has 0 radical (unpaired) electrons. The van der Waals surface area contributed by atoms with E-state index in [1.807, 2.05) is 0 Å². The summed E-state index contributed by atoms with van der Waals surface area (Å²) in [6.45, 7) is 2.65. The van der Waals surface area contributed by atoms with Crippen LogP contribution in [0.2, 0.25) is 0 Å². The maximum Gasteiger partial charge on any atom is 0.314 e. The lowest BCUT2D eigenvalue weighted by molar-refractivity contribution is -0.153. The minimum Gasteiger partial charge on any atom is -0.466 e. The number of esters is 1. The van der Waals surface area contributed by atoms with E-state index in [1.165, 1.54) is 0 Å². The molecule has 1 amide bonds. The maximum absolute atomic E-state index is 11.6. The van der Waals surface area contributed by atoms with Crippen molar-refractivity contribution in [2.45, 2.75) is 31.9 Å². The lowest BCUT2D eigenvalue weighted by Gasteiger charge is -2.18. The first-order chi connectivity index (χ1) is 7.16.